The van der Waals surface area contributed by atoms with E-state index in [2.05, 4.69) is 36.2 Å². The summed E-state index contributed by atoms with van der Waals surface area (Å²) in [6.07, 6.45) is 3.12. The standard InChI is InChI=1S/C18H30BClN6O3/c1-4-12-11-24(17-15(20)22-14(16(21)23-17)18(27)29-3)9-10-26(12)13-5-7-25(8-6-13)19(2)28/h12-13,28H,4-11H2,1-3H3,(H2,21,23)/t12-/m0/s1. The van der Waals surface area contributed by atoms with E-state index in [1.807, 2.05) is 6.82 Å². The average Bonchev–Trinajstić information content (AvgIpc) is 2.74. The van der Waals surface area contributed by atoms with Gasteiger partial charge in [0, 0.05) is 31.7 Å². The van der Waals surface area contributed by atoms with Crippen LogP contribution in [-0.4, -0.2) is 89.6 Å². The third kappa shape index (κ3) is 4.76. The fourth-order valence-corrected chi connectivity index (χ4v) is 4.61. The molecule has 0 aliphatic carbocycles. The van der Waals surface area contributed by atoms with Crippen LogP contribution in [0.2, 0.25) is 12.0 Å². The van der Waals surface area contributed by atoms with Crippen LogP contribution in [0.5, 0.6) is 0 Å². The van der Waals surface area contributed by atoms with Crippen molar-refractivity contribution in [3.8, 4) is 0 Å². The Bertz CT molecular complexity index is 732. The summed E-state index contributed by atoms with van der Waals surface area (Å²) < 4.78 is 4.68. The summed E-state index contributed by atoms with van der Waals surface area (Å²) in [5.41, 5.74) is 5.87. The number of nitrogen functional groups attached to an aromatic ring is 1. The number of piperazine rings is 1. The Morgan fingerprint density at radius 3 is 2.59 bits per heavy atom. The molecule has 11 heteroatoms. The van der Waals surface area contributed by atoms with E-state index in [0.29, 0.717) is 17.9 Å². The molecule has 3 rings (SSSR count). The van der Waals surface area contributed by atoms with E-state index in [1.54, 1.807) is 0 Å². The molecule has 0 bridgehead atoms. The van der Waals surface area contributed by atoms with Gasteiger partial charge in [0.25, 0.3) is 0 Å². The van der Waals surface area contributed by atoms with E-state index >= 15 is 0 Å². The summed E-state index contributed by atoms with van der Waals surface area (Å²) in [6.45, 7) is 8.29. The van der Waals surface area contributed by atoms with E-state index in [0.717, 1.165) is 52.0 Å². The van der Waals surface area contributed by atoms with Gasteiger partial charge in [0.15, 0.2) is 22.5 Å². The zero-order valence-electron chi connectivity index (χ0n) is 17.3. The van der Waals surface area contributed by atoms with Crippen LogP contribution in [0.15, 0.2) is 0 Å². The number of anilines is 2. The molecule has 3 heterocycles. The number of hydrogen-bond acceptors (Lipinski definition) is 9. The molecule has 9 nitrogen and oxygen atoms in total. The SMILES string of the molecule is CC[C@H]1CN(c2nc(N)c(C(=O)OC)nc2Cl)CCN1C1CCN(B(C)O)CC1. The van der Waals surface area contributed by atoms with Gasteiger partial charge >= 0.3 is 13.0 Å². The number of carbonyl (C=O) groups excluding carboxylic acids is 1. The van der Waals surface area contributed by atoms with Crippen molar-refractivity contribution < 1.29 is 14.6 Å². The molecule has 0 saturated carbocycles. The molecule has 2 aliphatic heterocycles. The Balaban J connectivity index is 1.70. The van der Waals surface area contributed by atoms with Crippen LogP contribution in [0.25, 0.3) is 0 Å². The molecule has 0 amide bonds. The maximum atomic E-state index is 11.8. The van der Waals surface area contributed by atoms with Gasteiger partial charge in [0.2, 0.25) is 0 Å². The lowest BCUT2D eigenvalue weighted by molar-refractivity contribution is 0.0594. The zero-order valence-corrected chi connectivity index (χ0v) is 18.1. The fraction of sp³-hybridized carbons (Fsp3) is 0.722. The number of esters is 1. The summed E-state index contributed by atoms with van der Waals surface area (Å²) >= 11 is 6.34. The van der Waals surface area contributed by atoms with Crippen LogP contribution < -0.4 is 10.6 Å². The molecule has 1 aromatic rings. The molecule has 0 radical (unpaired) electrons. The number of hydrogen-bond donors (Lipinski definition) is 2. The molecule has 1 aromatic heterocycles. The quantitative estimate of drug-likeness (QED) is 0.528. The number of ether oxygens (including phenoxy) is 1. The van der Waals surface area contributed by atoms with Gasteiger partial charge in [-0.15, -0.1) is 0 Å². The number of piperidine rings is 1. The first-order valence-electron chi connectivity index (χ1n) is 10.2. The lowest BCUT2D eigenvalue weighted by Gasteiger charge is -2.48. The molecule has 3 N–H and O–H groups in total. The average molecular weight is 425 g/mol. The van der Waals surface area contributed by atoms with Gasteiger partial charge in [-0.2, -0.15) is 0 Å². The van der Waals surface area contributed by atoms with Crippen molar-refractivity contribution >= 4 is 36.3 Å². The minimum atomic E-state index is -0.650. The maximum Gasteiger partial charge on any atom is 0.376 e. The number of halogens is 1. The molecule has 0 unspecified atom stereocenters. The summed E-state index contributed by atoms with van der Waals surface area (Å²) in [5.74, 6) is -0.112. The third-order valence-electron chi connectivity index (χ3n) is 6.04. The predicted octanol–water partition coefficient (Wildman–Crippen LogP) is 0.974. The van der Waals surface area contributed by atoms with Crippen molar-refractivity contribution in [2.45, 2.75) is 45.1 Å². The smallest absolute Gasteiger partial charge is 0.376 e. The van der Waals surface area contributed by atoms with Crippen molar-refractivity contribution in [2.75, 3.05) is 50.5 Å². The molecule has 29 heavy (non-hydrogen) atoms. The summed E-state index contributed by atoms with van der Waals surface area (Å²) in [6, 6.07) is 0.886. The number of nitrogens with two attached hydrogens (primary N) is 1. The summed E-state index contributed by atoms with van der Waals surface area (Å²) in [7, 11) is 0.885. The van der Waals surface area contributed by atoms with Crippen molar-refractivity contribution in [3.05, 3.63) is 10.8 Å². The highest BCUT2D eigenvalue weighted by molar-refractivity contribution is 6.45. The molecular formula is C18H30BClN6O3. The van der Waals surface area contributed by atoms with Crippen LogP contribution in [-0.2, 0) is 4.74 Å². The van der Waals surface area contributed by atoms with E-state index < -0.39 is 5.97 Å². The highest BCUT2D eigenvalue weighted by Crippen LogP contribution is 2.29. The van der Waals surface area contributed by atoms with Crippen LogP contribution >= 0.6 is 11.6 Å². The van der Waals surface area contributed by atoms with Gasteiger partial charge in [0.1, 0.15) is 0 Å². The molecule has 2 aliphatic rings. The lowest BCUT2D eigenvalue weighted by atomic mass is 9.82. The Morgan fingerprint density at radius 1 is 1.31 bits per heavy atom. The second-order valence-electron chi connectivity index (χ2n) is 7.71. The molecule has 1 atom stereocenters. The van der Waals surface area contributed by atoms with E-state index in [1.165, 1.54) is 7.11 Å². The van der Waals surface area contributed by atoms with Crippen LogP contribution in [0, 0.1) is 0 Å². The Hall–Kier alpha value is -1.62. The van der Waals surface area contributed by atoms with E-state index in [-0.39, 0.29) is 23.7 Å². The first-order chi connectivity index (χ1) is 13.8. The molecule has 2 saturated heterocycles. The predicted molar refractivity (Wildman–Crippen MR) is 114 cm³/mol. The van der Waals surface area contributed by atoms with Gasteiger partial charge in [0.05, 0.1) is 7.11 Å². The first-order valence-corrected chi connectivity index (χ1v) is 10.6. The normalized spacial score (nSPS) is 22.0. The van der Waals surface area contributed by atoms with Crippen LogP contribution in [0.4, 0.5) is 11.6 Å². The third-order valence-corrected chi connectivity index (χ3v) is 6.29. The number of rotatable bonds is 5. The van der Waals surface area contributed by atoms with Gasteiger partial charge in [-0.1, -0.05) is 18.5 Å². The Labute approximate surface area is 177 Å². The van der Waals surface area contributed by atoms with Gasteiger partial charge in [-0.25, -0.2) is 14.8 Å². The molecule has 0 aromatic carbocycles. The van der Waals surface area contributed by atoms with Crippen molar-refractivity contribution in [3.63, 3.8) is 0 Å². The monoisotopic (exact) mass is 424 g/mol. The van der Waals surface area contributed by atoms with Crippen LogP contribution in [0.3, 0.4) is 0 Å². The Morgan fingerprint density at radius 2 is 2.00 bits per heavy atom. The lowest BCUT2D eigenvalue weighted by Crippen LogP contribution is -2.59. The first kappa shape index (κ1) is 22.1. The highest BCUT2D eigenvalue weighted by Gasteiger charge is 2.35. The minimum absolute atomic E-state index is 0.0252. The second-order valence-corrected chi connectivity index (χ2v) is 8.07. The minimum Gasteiger partial charge on any atom is -0.464 e. The van der Waals surface area contributed by atoms with Crippen molar-refractivity contribution in [1.29, 1.82) is 0 Å². The fourth-order valence-electron chi connectivity index (χ4n) is 4.36. The number of carbonyl (C=O) groups is 1. The van der Waals surface area contributed by atoms with Crippen molar-refractivity contribution in [1.82, 2.24) is 19.7 Å². The maximum absolute atomic E-state index is 11.8. The van der Waals surface area contributed by atoms with Crippen LogP contribution in [0.1, 0.15) is 36.7 Å². The number of methoxy groups -OCH3 is 1. The molecule has 0 spiro atoms. The summed E-state index contributed by atoms with van der Waals surface area (Å²) in [4.78, 5) is 27.0. The van der Waals surface area contributed by atoms with Gasteiger partial charge in [-0.05, 0) is 39.2 Å². The van der Waals surface area contributed by atoms with E-state index in [9.17, 15) is 9.82 Å². The summed E-state index contributed by atoms with van der Waals surface area (Å²) in [5, 5.41) is 9.95. The van der Waals surface area contributed by atoms with E-state index in [4.69, 9.17) is 17.3 Å². The highest BCUT2D eigenvalue weighted by atomic mass is 35.5. The topological polar surface area (TPSA) is 108 Å². The number of aromatic nitrogens is 2. The second kappa shape index (κ2) is 9.46. The Kier molecular flexibility index (Phi) is 7.21. The van der Waals surface area contributed by atoms with Crippen molar-refractivity contribution in [2.24, 2.45) is 0 Å². The largest absolute Gasteiger partial charge is 0.464 e. The molecule has 160 valence electrons. The molecular weight excluding hydrogens is 395 g/mol. The zero-order chi connectivity index (χ0) is 21.1. The number of nitrogens with zero attached hydrogens (tertiary/aromatic N) is 5. The van der Waals surface area contributed by atoms with Gasteiger partial charge < -0.3 is 25.2 Å². The molecule has 2 fully saturated rings. The van der Waals surface area contributed by atoms with Gasteiger partial charge in [-0.3, -0.25) is 4.90 Å².